The fraction of sp³-hybridized carbons (Fsp3) is 0.312. The van der Waals surface area contributed by atoms with Crippen molar-refractivity contribution >= 4 is 11.8 Å². The van der Waals surface area contributed by atoms with Crippen molar-refractivity contribution in [1.29, 1.82) is 0 Å². The summed E-state index contributed by atoms with van der Waals surface area (Å²) in [6.07, 6.45) is 0. The minimum Gasteiger partial charge on any atom is -0.493 e. The molecule has 20 heavy (non-hydrogen) atoms. The molecule has 0 aliphatic carbocycles. The van der Waals surface area contributed by atoms with Crippen molar-refractivity contribution in [2.75, 3.05) is 12.4 Å². The quantitative estimate of drug-likeness (QED) is 0.654. The molecule has 2 aromatic rings. The number of hydrogen-bond donors (Lipinski definition) is 1. The predicted molar refractivity (Wildman–Crippen MR) is 84.3 cm³/mol. The minimum absolute atomic E-state index is 0.540. The van der Waals surface area contributed by atoms with E-state index in [1.807, 2.05) is 31.2 Å². The van der Waals surface area contributed by atoms with Crippen molar-refractivity contribution in [2.24, 2.45) is 5.73 Å². The molecule has 0 unspecified atom stereocenters. The molecule has 1 aromatic heterocycles. The Morgan fingerprint density at radius 3 is 2.80 bits per heavy atom. The van der Waals surface area contributed by atoms with Crippen molar-refractivity contribution in [3.63, 3.8) is 0 Å². The molecule has 0 radical (unpaired) electrons. The Morgan fingerprint density at radius 1 is 1.20 bits per heavy atom. The number of thioether (sulfide) groups is 1. The van der Waals surface area contributed by atoms with Gasteiger partial charge in [-0.05, 0) is 49.2 Å². The lowest BCUT2D eigenvalue weighted by Gasteiger charge is -2.07. The fourth-order valence-corrected chi connectivity index (χ4v) is 2.80. The Kier molecular flexibility index (Phi) is 5.44. The summed E-state index contributed by atoms with van der Waals surface area (Å²) in [5.74, 6) is 1.75. The number of pyridine rings is 1. The molecule has 1 heterocycles. The molecule has 4 heteroatoms. The normalized spacial score (nSPS) is 10.6. The van der Waals surface area contributed by atoms with E-state index < -0.39 is 0 Å². The second-order valence-electron chi connectivity index (χ2n) is 4.67. The molecule has 0 fully saturated rings. The van der Waals surface area contributed by atoms with Crippen molar-refractivity contribution in [3.05, 3.63) is 53.2 Å². The number of nitrogens with zero attached hydrogens (tertiary/aromatic N) is 1. The molecule has 1 aromatic carbocycles. The third kappa shape index (κ3) is 4.54. The zero-order chi connectivity index (χ0) is 14.4. The monoisotopic (exact) mass is 288 g/mol. The maximum Gasteiger partial charge on any atom is 0.119 e. The number of rotatable bonds is 6. The molecule has 0 amide bonds. The molecule has 0 aliphatic rings. The molecule has 0 spiro atoms. The molecule has 106 valence electrons. The van der Waals surface area contributed by atoms with Crippen molar-refractivity contribution < 1.29 is 4.74 Å². The van der Waals surface area contributed by atoms with Gasteiger partial charge in [0.2, 0.25) is 0 Å². The standard InChI is InChI=1S/C16H20N2OS/c1-12-8-13(2)18-16(9-12)20-7-6-19-15-5-3-4-14(10-15)11-17/h3-5,8-10H,6-7,11,17H2,1-2H3. The molecule has 0 atom stereocenters. The van der Waals surface area contributed by atoms with Gasteiger partial charge in [-0.1, -0.05) is 12.1 Å². The summed E-state index contributed by atoms with van der Waals surface area (Å²) < 4.78 is 5.73. The number of aryl methyl sites for hydroxylation is 2. The maximum absolute atomic E-state index is 5.73. The highest BCUT2D eigenvalue weighted by Gasteiger charge is 2.00. The molecule has 2 N–H and O–H groups in total. The highest BCUT2D eigenvalue weighted by Crippen LogP contribution is 2.18. The van der Waals surface area contributed by atoms with E-state index in [0.29, 0.717) is 13.2 Å². The third-order valence-electron chi connectivity index (χ3n) is 2.81. The number of ether oxygens (including phenoxy) is 1. The Morgan fingerprint density at radius 2 is 2.05 bits per heavy atom. The van der Waals surface area contributed by atoms with Gasteiger partial charge in [0.1, 0.15) is 5.75 Å². The lowest BCUT2D eigenvalue weighted by Crippen LogP contribution is -2.02. The van der Waals surface area contributed by atoms with Gasteiger partial charge in [0.05, 0.1) is 11.6 Å². The van der Waals surface area contributed by atoms with Crippen LogP contribution in [0.15, 0.2) is 41.4 Å². The van der Waals surface area contributed by atoms with Gasteiger partial charge in [0, 0.05) is 18.0 Å². The van der Waals surface area contributed by atoms with Crippen LogP contribution in [0.1, 0.15) is 16.8 Å². The Bertz CT molecular complexity index is 552. The predicted octanol–water partition coefficient (Wildman–Crippen LogP) is 3.33. The van der Waals surface area contributed by atoms with Crippen LogP contribution in [0, 0.1) is 13.8 Å². The van der Waals surface area contributed by atoms with Gasteiger partial charge in [-0.15, -0.1) is 11.8 Å². The highest BCUT2D eigenvalue weighted by atomic mass is 32.2. The van der Waals surface area contributed by atoms with E-state index in [-0.39, 0.29) is 0 Å². The Balaban J connectivity index is 1.81. The number of aromatic nitrogens is 1. The molecule has 0 saturated carbocycles. The zero-order valence-corrected chi connectivity index (χ0v) is 12.7. The van der Waals surface area contributed by atoms with E-state index in [0.717, 1.165) is 27.8 Å². The van der Waals surface area contributed by atoms with Crippen LogP contribution < -0.4 is 10.5 Å². The van der Waals surface area contributed by atoms with Crippen LogP contribution in [0.2, 0.25) is 0 Å². The first-order valence-electron chi connectivity index (χ1n) is 6.67. The fourth-order valence-electron chi connectivity index (χ4n) is 1.95. The first kappa shape index (κ1) is 14.9. The van der Waals surface area contributed by atoms with E-state index in [1.165, 1.54) is 5.56 Å². The maximum atomic E-state index is 5.73. The molecule has 0 saturated heterocycles. The molecule has 0 aliphatic heterocycles. The largest absolute Gasteiger partial charge is 0.493 e. The van der Waals surface area contributed by atoms with Crippen LogP contribution in [0.4, 0.5) is 0 Å². The average molecular weight is 288 g/mol. The van der Waals surface area contributed by atoms with Gasteiger partial charge in [0.25, 0.3) is 0 Å². The van der Waals surface area contributed by atoms with Gasteiger partial charge in [-0.25, -0.2) is 4.98 Å². The first-order valence-corrected chi connectivity index (χ1v) is 7.66. The summed E-state index contributed by atoms with van der Waals surface area (Å²) in [4.78, 5) is 4.50. The summed E-state index contributed by atoms with van der Waals surface area (Å²) in [6, 6.07) is 12.1. The molecule has 2 rings (SSSR count). The van der Waals surface area contributed by atoms with Gasteiger partial charge in [0.15, 0.2) is 0 Å². The third-order valence-corrected chi connectivity index (χ3v) is 3.69. The van der Waals surface area contributed by atoms with Gasteiger partial charge < -0.3 is 10.5 Å². The minimum atomic E-state index is 0.540. The van der Waals surface area contributed by atoms with E-state index in [9.17, 15) is 0 Å². The van der Waals surface area contributed by atoms with Gasteiger partial charge >= 0.3 is 0 Å². The van der Waals surface area contributed by atoms with Gasteiger partial charge in [-0.2, -0.15) is 0 Å². The van der Waals surface area contributed by atoms with Crippen LogP contribution >= 0.6 is 11.8 Å². The molecule has 0 bridgehead atoms. The SMILES string of the molecule is Cc1cc(C)nc(SCCOc2cccc(CN)c2)c1. The van der Waals surface area contributed by atoms with Crippen LogP contribution in [-0.2, 0) is 6.54 Å². The van der Waals surface area contributed by atoms with Crippen LogP contribution in [0.3, 0.4) is 0 Å². The van der Waals surface area contributed by atoms with Crippen molar-refractivity contribution in [3.8, 4) is 5.75 Å². The number of hydrogen-bond acceptors (Lipinski definition) is 4. The van der Waals surface area contributed by atoms with Crippen molar-refractivity contribution in [1.82, 2.24) is 4.98 Å². The second-order valence-corrected chi connectivity index (χ2v) is 5.79. The summed E-state index contributed by atoms with van der Waals surface area (Å²) >= 11 is 1.72. The summed E-state index contributed by atoms with van der Waals surface area (Å²) in [6.45, 7) is 5.31. The van der Waals surface area contributed by atoms with E-state index in [1.54, 1.807) is 11.8 Å². The lowest BCUT2D eigenvalue weighted by atomic mass is 10.2. The topological polar surface area (TPSA) is 48.1 Å². The smallest absolute Gasteiger partial charge is 0.119 e. The molecular formula is C16H20N2OS. The van der Waals surface area contributed by atoms with Crippen LogP contribution in [0.5, 0.6) is 5.75 Å². The summed E-state index contributed by atoms with van der Waals surface area (Å²) in [7, 11) is 0. The summed E-state index contributed by atoms with van der Waals surface area (Å²) in [5, 5.41) is 1.06. The van der Waals surface area contributed by atoms with Crippen LogP contribution in [-0.4, -0.2) is 17.3 Å². The average Bonchev–Trinajstić information content (AvgIpc) is 2.43. The van der Waals surface area contributed by atoms with Crippen LogP contribution in [0.25, 0.3) is 0 Å². The first-order chi connectivity index (χ1) is 9.67. The second kappa shape index (κ2) is 7.31. The van der Waals surface area contributed by atoms with E-state index in [2.05, 4.69) is 24.0 Å². The van der Waals surface area contributed by atoms with Gasteiger partial charge in [-0.3, -0.25) is 0 Å². The Labute approximate surface area is 124 Å². The highest BCUT2D eigenvalue weighted by molar-refractivity contribution is 7.99. The summed E-state index contributed by atoms with van der Waals surface area (Å²) in [5.41, 5.74) is 9.01. The number of benzene rings is 1. The van der Waals surface area contributed by atoms with Crippen molar-refractivity contribution in [2.45, 2.75) is 25.4 Å². The molecule has 3 nitrogen and oxygen atoms in total. The lowest BCUT2D eigenvalue weighted by molar-refractivity contribution is 0.343. The Hall–Kier alpha value is -1.52. The number of nitrogens with two attached hydrogens (primary N) is 1. The zero-order valence-electron chi connectivity index (χ0n) is 11.9. The molecular weight excluding hydrogens is 268 g/mol. The van der Waals surface area contributed by atoms with E-state index in [4.69, 9.17) is 10.5 Å². The van der Waals surface area contributed by atoms with E-state index >= 15 is 0 Å².